The van der Waals surface area contributed by atoms with Crippen molar-refractivity contribution in [2.24, 2.45) is 0 Å². The number of nitrogens with one attached hydrogen (secondary N) is 1. The molecule has 0 radical (unpaired) electrons. The molecule has 0 aromatic heterocycles. The second-order valence-electron chi connectivity index (χ2n) is 5.25. The molecule has 2 N–H and O–H groups in total. The van der Waals surface area contributed by atoms with Gasteiger partial charge in [-0.2, -0.15) is 0 Å². The van der Waals surface area contributed by atoms with Crippen LogP contribution >= 0.6 is 0 Å². The Morgan fingerprint density at radius 2 is 2.17 bits per heavy atom. The summed E-state index contributed by atoms with van der Waals surface area (Å²) in [4.78, 5) is 26.0. The van der Waals surface area contributed by atoms with E-state index in [1.165, 1.54) is 6.92 Å². The molecular weight excluding hydrogens is 316 g/mol. The molecule has 2 rings (SSSR count). The lowest BCUT2D eigenvalue weighted by molar-refractivity contribution is -0.768. The fourth-order valence-electron chi connectivity index (χ4n) is 2.38. The minimum Gasteiger partial charge on any atom is -0.441 e. The van der Waals surface area contributed by atoms with Crippen molar-refractivity contribution in [3.63, 3.8) is 0 Å². The van der Waals surface area contributed by atoms with Crippen molar-refractivity contribution in [1.82, 2.24) is 5.32 Å². The van der Waals surface area contributed by atoms with Crippen molar-refractivity contribution < 1.29 is 38.8 Å². The highest BCUT2D eigenvalue weighted by Gasteiger charge is 2.48. The zero-order chi connectivity index (χ0) is 16.8. The number of alkyl carbamates (subject to hydrolysis) is 1. The van der Waals surface area contributed by atoms with Crippen molar-refractivity contribution in [2.45, 2.75) is 37.4 Å². The highest BCUT2D eigenvalue weighted by molar-refractivity contribution is 5.67. The third-order valence-corrected chi connectivity index (χ3v) is 3.37. The van der Waals surface area contributed by atoms with Crippen molar-refractivity contribution in [3.05, 3.63) is 10.1 Å². The summed E-state index contributed by atoms with van der Waals surface area (Å²) in [6.07, 6.45) is -3.51. The summed E-state index contributed by atoms with van der Waals surface area (Å²) in [5.74, 6) is 0. The van der Waals surface area contributed by atoms with E-state index < -0.39 is 41.7 Å². The molecule has 2 fully saturated rings. The van der Waals surface area contributed by atoms with Gasteiger partial charge in [0.1, 0.15) is 24.4 Å². The van der Waals surface area contributed by atoms with Crippen molar-refractivity contribution in [1.29, 1.82) is 0 Å². The van der Waals surface area contributed by atoms with E-state index >= 15 is 0 Å². The van der Waals surface area contributed by atoms with Gasteiger partial charge in [0.15, 0.2) is 6.10 Å². The Bertz CT molecular complexity index is 421. The summed E-state index contributed by atoms with van der Waals surface area (Å²) in [6.45, 7) is 2.19. The van der Waals surface area contributed by atoms with Crippen LogP contribution in [0.25, 0.3) is 0 Å². The largest absolute Gasteiger partial charge is 0.441 e. The quantitative estimate of drug-likeness (QED) is 0.319. The predicted octanol–water partition coefficient (Wildman–Crippen LogP) is -1.15. The molecule has 2 heterocycles. The Hall–Kier alpha value is -1.69. The SMILES string of the molecule is CC(COCCNC(=O)O[C@@H]1CO[C@H]2[C@@H]1OC[C@H]2O)O[N+](=O)[O-]. The third kappa shape index (κ3) is 5.16. The topological polar surface area (TPSA) is 139 Å². The molecule has 0 aliphatic carbocycles. The molecule has 0 saturated carbocycles. The van der Waals surface area contributed by atoms with E-state index in [0.29, 0.717) is 0 Å². The molecule has 11 nitrogen and oxygen atoms in total. The number of aliphatic hydroxyl groups excluding tert-OH is 1. The molecule has 0 aromatic carbocycles. The Morgan fingerprint density at radius 3 is 2.91 bits per heavy atom. The summed E-state index contributed by atoms with van der Waals surface area (Å²) in [5.41, 5.74) is 0. The van der Waals surface area contributed by atoms with E-state index in [1.54, 1.807) is 0 Å². The molecule has 132 valence electrons. The first-order valence-electron chi connectivity index (χ1n) is 7.22. The lowest BCUT2D eigenvalue weighted by atomic mass is 10.1. The number of hydrogen-bond acceptors (Lipinski definition) is 9. The lowest BCUT2D eigenvalue weighted by Crippen LogP contribution is -2.38. The fourth-order valence-corrected chi connectivity index (χ4v) is 2.38. The Labute approximate surface area is 131 Å². The number of amides is 1. The second-order valence-corrected chi connectivity index (χ2v) is 5.25. The van der Waals surface area contributed by atoms with Crippen LogP contribution in [0.2, 0.25) is 0 Å². The minimum atomic E-state index is -0.886. The number of aliphatic hydroxyl groups is 1. The smallest absolute Gasteiger partial charge is 0.407 e. The van der Waals surface area contributed by atoms with Gasteiger partial charge in [-0.25, -0.2) is 4.79 Å². The number of hydrogen-bond donors (Lipinski definition) is 2. The number of fused-ring (bicyclic) bond motifs is 1. The average molecular weight is 336 g/mol. The first kappa shape index (κ1) is 17.7. The van der Waals surface area contributed by atoms with Crippen LogP contribution in [0.5, 0.6) is 0 Å². The molecule has 11 heteroatoms. The number of carbonyl (C=O) groups is 1. The average Bonchev–Trinajstić information content (AvgIpc) is 3.02. The van der Waals surface area contributed by atoms with Gasteiger partial charge in [0, 0.05) is 6.54 Å². The molecular formula is C12H20N2O9. The summed E-state index contributed by atoms with van der Waals surface area (Å²) in [6, 6.07) is 0. The van der Waals surface area contributed by atoms with Crippen LogP contribution in [0.1, 0.15) is 6.92 Å². The number of carbonyl (C=O) groups excluding carboxylic acids is 1. The van der Waals surface area contributed by atoms with Gasteiger partial charge >= 0.3 is 6.09 Å². The summed E-state index contributed by atoms with van der Waals surface area (Å²) >= 11 is 0. The number of nitrogens with zero attached hydrogens (tertiary/aromatic N) is 1. The van der Waals surface area contributed by atoms with Gasteiger partial charge in [0.2, 0.25) is 0 Å². The van der Waals surface area contributed by atoms with Crippen LogP contribution in [-0.2, 0) is 23.8 Å². The molecule has 0 aromatic rings. The second kappa shape index (κ2) is 8.24. The van der Waals surface area contributed by atoms with Gasteiger partial charge in [-0.1, -0.05) is 0 Å². The molecule has 1 amide bonds. The summed E-state index contributed by atoms with van der Waals surface area (Å²) in [7, 11) is 0. The van der Waals surface area contributed by atoms with Gasteiger partial charge in [-0.15, -0.1) is 10.1 Å². The lowest BCUT2D eigenvalue weighted by Gasteiger charge is -2.17. The highest BCUT2D eigenvalue weighted by Crippen LogP contribution is 2.28. The highest BCUT2D eigenvalue weighted by atomic mass is 17.0. The van der Waals surface area contributed by atoms with Gasteiger partial charge in [-0.3, -0.25) is 0 Å². The molecule has 5 atom stereocenters. The number of ether oxygens (including phenoxy) is 4. The van der Waals surface area contributed by atoms with Crippen molar-refractivity contribution >= 4 is 6.09 Å². The van der Waals surface area contributed by atoms with Gasteiger partial charge in [-0.05, 0) is 6.92 Å². The first-order valence-corrected chi connectivity index (χ1v) is 7.22. The van der Waals surface area contributed by atoms with Crippen LogP contribution in [0.3, 0.4) is 0 Å². The van der Waals surface area contributed by atoms with Gasteiger partial charge < -0.3 is 34.2 Å². The zero-order valence-electron chi connectivity index (χ0n) is 12.6. The molecule has 2 aliphatic rings. The Balaban J connectivity index is 1.55. The predicted molar refractivity (Wildman–Crippen MR) is 72.1 cm³/mol. The molecule has 0 spiro atoms. The third-order valence-electron chi connectivity index (χ3n) is 3.37. The van der Waals surface area contributed by atoms with E-state index in [-0.39, 0.29) is 33.0 Å². The van der Waals surface area contributed by atoms with E-state index in [1.807, 2.05) is 0 Å². The van der Waals surface area contributed by atoms with Crippen LogP contribution in [0.15, 0.2) is 0 Å². The Morgan fingerprint density at radius 1 is 1.43 bits per heavy atom. The van der Waals surface area contributed by atoms with E-state index in [9.17, 15) is 20.0 Å². The minimum absolute atomic E-state index is 0.0314. The maximum Gasteiger partial charge on any atom is 0.407 e. The Kier molecular flexibility index (Phi) is 6.33. The standard InChI is InChI=1S/C12H20N2O9/c1-7(23-14(17)18)4-19-3-2-13-12(16)22-9-6-21-10-8(15)5-20-11(9)10/h7-11,15H,2-6H2,1H3,(H,13,16)/t7?,8-,9-,10-,11-/m1/s1. The van der Waals surface area contributed by atoms with E-state index in [2.05, 4.69) is 10.2 Å². The monoisotopic (exact) mass is 336 g/mol. The zero-order valence-corrected chi connectivity index (χ0v) is 12.6. The van der Waals surface area contributed by atoms with E-state index in [0.717, 1.165) is 0 Å². The maximum atomic E-state index is 11.6. The van der Waals surface area contributed by atoms with Crippen LogP contribution in [-0.4, -0.2) is 79.8 Å². The van der Waals surface area contributed by atoms with Crippen molar-refractivity contribution in [3.8, 4) is 0 Å². The summed E-state index contributed by atoms with van der Waals surface area (Å²) < 4.78 is 21.0. The van der Waals surface area contributed by atoms with Crippen LogP contribution in [0.4, 0.5) is 4.79 Å². The maximum absolute atomic E-state index is 11.6. The fraction of sp³-hybridized carbons (Fsp3) is 0.917. The summed E-state index contributed by atoms with van der Waals surface area (Å²) in [5, 5.41) is 21.2. The normalized spacial score (nSPS) is 30.5. The van der Waals surface area contributed by atoms with Gasteiger partial charge in [0.05, 0.1) is 26.4 Å². The number of rotatable bonds is 8. The van der Waals surface area contributed by atoms with E-state index in [4.69, 9.17) is 18.9 Å². The molecule has 1 unspecified atom stereocenters. The van der Waals surface area contributed by atoms with Crippen molar-refractivity contribution in [2.75, 3.05) is 33.0 Å². The van der Waals surface area contributed by atoms with Gasteiger partial charge in [0.25, 0.3) is 5.09 Å². The molecule has 2 aliphatic heterocycles. The molecule has 2 saturated heterocycles. The van der Waals surface area contributed by atoms with Crippen LogP contribution in [0, 0.1) is 10.1 Å². The van der Waals surface area contributed by atoms with Crippen LogP contribution < -0.4 is 5.32 Å². The molecule has 23 heavy (non-hydrogen) atoms. The first-order chi connectivity index (χ1) is 11.0. The molecule has 0 bridgehead atoms.